The standard InChI is InChI=1S/C40H35N3O5S/c44-25-28-15-17-29(18-16-28)35-22-34(26-49-40-43-36(30-8-3-1-4-9-30)37(48-40)31-10-5-2-6-11-31)46-39(47-35)32-19-13-27(14-20-32)23-42-38(45)33-12-7-21-41-24-33/h1-21,24,34-35,39,44H,22-23,25-26H2,(H,42,45)/t34-,35+,39+/m0/s1. The van der Waals surface area contributed by atoms with Crippen LogP contribution in [0.25, 0.3) is 22.6 Å². The van der Waals surface area contributed by atoms with E-state index in [4.69, 9.17) is 18.9 Å². The lowest BCUT2D eigenvalue weighted by Gasteiger charge is -2.36. The molecular weight excluding hydrogens is 635 g/mol. The molecule has 6 aromatic rings. The highest BCUT2D eigenvalue weighted by Crippen LogP contribution is 2.41. The van der Waals surface area contributed by atoms with Gasteiger partial charge in [-0.3, -0.25) is 9.78 Å². The van der Waals surface area contributed by atoms with Gasteiger partial charge in [-0.05, 0) is 28.8 Å². The summed E-state index contributed by atoms with van der Waals surface area (Å²) in [5, 5.41) is 13.1. The topological polar surface area (TPSA) is 107 Å². The Kier molecular flexibility index (Phi) is 10.2. The lowest BCUT2D eigenvalue weighted by atomic mass is 10.0. The smallest absolute Gasteiger partial charge is 0.256 e. The first-order chi connectivity index (χ1) is 24.1. The van der Waals surface area contributed by atoms with Gasteiger partial charge < -0.3 is 24.3 Å². The third-order valence-electron chi connectivity index (χ3n) is 8.33. The summed E-state index contributed by atoms with van der Waals surface area (Å²) in [7, 11) is 0. The fourth-order valence-corrected chi connectivity index (χ4v) is 6.54. The molecule has 1 fully saturated rings. The van der Waals surface area contributed by atoms with Gasteiger partial charge in [-0.1, -0.05) is 121 Å². The lowest BCUT2D eigenvalue weighted by Crippen LogP contribution is -2.31. The molecule has 0 unspecified atom stereocenters. The van der Waals surface area contributed by atoms with Crippen LogP contribution in [-0.4, -0.2) is 32.8 Å². The molecule has 2 aromatic heterocycles. The van der Waals surface area contributed by atoms with E-state index in [0.717, 1.165) is 44.8 Å². The van der Waals surface area contributed by atoms with Crippen molar-refractivity contribution in [1.29, 1.82) is 0 Å². The number of hydrogen-bond acceptors (Lipinski definition) is 8. The summed E-state index contributed by atoms with van der Waals surface area (Å²) in [5.74, 6) is 1.16. The van der Waals surface area contributed by atoms with E-state index in [0.29, 0.717) is 29.5 Å². The number of nitrogens with one attached hydrogen (secondary N) is 1. The number of ether oxygens (including phenoxy) is 2. The molecule has 4 aromatic carbocycles. The summed E-state index contributed by atoms with van der Waals surface area (Å²) in [6.07, 6.45) is 2.82. The average molecular weight is 670 g/mol. The summed E-state index contributed by atoms with van der Waals surface area (Å²) in [4.78, 5) is 21.4. The fraction of sp³-hybridized carbons (Fsp3) is 0.175. The first-order valence-corrected chi connectivity index (χ1v) is 17.1. The zero-order valence-corrected chi connectivity index (χ0v) is 27.5. The van der Waals surface area contributed by atoms with Crippen LogP contribution in [0.3, 0.4) is 0 Å². The molecule has 0 bridgehead atoms. The Balaban J connectivity index is 1.08. The molecule has 2 N–H and O–H groups in total. The molecule has 0 aliphatic carbocycles. The number of aliphatic hydroxyl groups excluding tert-OH is 1. The van der Waals surface area contributed by atoms with Crippen molar-refractivity contribution in [3.63, 3.8) is 0 Å². The summed E-state index contributed by atoms with van der Waals surface area (Å²) >= 11 is 1.53. The molecule has 7 rings (SSSR count). The molecule has 1 aliphatic rings. The van der Waals surface area contributed by atoms with E-state index in [1.807, 2.05) is 109 Å². The van der Waals surface area contributed by atoms with Gasteiger partial charge in [-0.25, -0.2) is 4.98 Å². The number of aliphatic hydroxyl groups is 1. The summed E-state index contributed by atoms with van der Waals surface area (Å²) in [5.41, 5.74) is 6.97. The SMILES string of the molecule is O=C(NCc1ccc([C@@H]2O[C@H](CSc3nc(-c4ccccc4)c(-c4ccccc4)o3)C[C@H](c3ccc(CO)cc3)O2)cc1)c1cccnc1. The van der Waals surface area contributed by atoms with Crippen molar-refractivity contribution < 1.29 is 23.8 Å². The van der Waals surface area contributed by atoms with Crippen molar-refractivity contribution in [2.45, 2.75) is 43.3 Å². The predicted molar refractivity (Wildman–Crippen MR) is 188 cm³/mol. The number of carbonyl (C=O) groups is 1. The molecule has 9 heteroatoms. The number of thioether (sulfide) groups is 1. The van der Waals surface area contributed by atoms with Crippen LogP contribution < -0.4 is 5.32 Å². The summed E-state index contributed by atoms with van der Waals surface area (Å²) in [6, 6.07) is 39.3. The Bertz CT molecular complexity index is 1900. The molecule has 3 atom stereocenters. The van der Waals surface area contributed by atoms with Crippen LogP contribution in [0.2, 0.25) is 0 Å². The number of hydrogen-bond donors (Lipinski definition) is 2. The molecule has 0 radical (unpaired) electrons. The van der Waals surface area contributed by atoms with Crippen molar-refractivity contribution in [1.82, 2.24) is 15.3 Å². The van der Waals surface area contributed by atoms with Crippen molar-refractivity contribution in [3.05, 3.63) is 162 Å². The molecule has 3 heterocycles. The van der Waals surface area contributed by atoms with Crippen molar-refractivity contribution in [2.24, 2.45) is 0 Å². The van der Waals surface area contributed by atoms with Gasteiger partial charge in [-0.15, -0.1) is 0 Å². The normalized spacial score (nSPS) is 17.4. The van der Waals surface area contributed by atoms with Crippen LogP contribution in [0, 0.1) is 0 Å². The Morgan fingerprint density at radius 2 is 1.49 bits per heavy atom. The van der Waals surface area contributed by atoms with E-state index in [-0.39, 0.29) is 24.7 Å². The maximum absolute atomic E-state index is 12.5. The second-order valence-corrected chi connectivity index (χ2v) is 12.7. The maximum Gasteiger partial charge on any atom is 0.256 e. The lowest BCUT2D eigenvalue weighted by molar-refractivity contribution is -0.245. The quantitative estimate of drug-likeness (QED) is 0.133. The van der Waals surface area contributed by atoms with E-state index < -0.39 is 6.29 Å². The molecule has 49 heavy (non-hydrogen) atoms. The number of amides is 1. The van der Waals surface area contributed by atoms with Gasteiger partial charge in [0.25, 0.3) is 11.1 Å². The zero-order valence-electron chi connectivity index (χ0n) is 26.6. The minimum atomic E-state index is -0.606. The molecule has 246 valence electrons. The van der Waals surface area contributed by atoms with Crippen LogP contribution in [0.4, 0.5) is 0 Å². The molecular formula is C40H35N3O5S. The molecule has 0 saturated carbocycles. The zero-order chi connectivity index (χ0) is 33.4. The first-order valence-electron chi connectivity index (χ1n) is 16.1. The number of nitrogens with zero attached hydrogens (tertiary/aromatic N) is 2. The number of rotatable bonds is 11. The minimum absolute atomic E-state index is 0.0159. The third kappa shape index (κ3) is 7.98. The molecule has 1 aliphatic heterocycles. The van der Waals surface area contributed by atoms with Gasteiger partial charge in [0.1, 0.15) is 5.69 Å². The van der Waals surface area contributed by atoms with Crippen LogP contribution in [0.5, 0.6) is 0 Å². The Morgan fingerprint density at radius 3 is 2.18 bits per heavy atom. The van der Waals surface area contributed by atoms with Gasteiger partial charge in [0, 0.05) is 47.8 Å². The monoisotopic (exact) mass is 669 g/mol. The number of pyridine rings is 1. The molecule has 1 saturated heterocycles. The van der Waals surface area contributed by atoms with E-state index in [1.54, 1.807) is 24.5 Å². The Labute approximate surface area is 289 Å². The van der Waals surface area contributed by atoms with Gasteiger partial charge >= 0.3 is 0 Å². The van der Waals surface area contributed by atoms with Crippen molar-refractivity contribution in [3.8, 4) is 22.6 Å². The number of oxazole rings is 1. The van der Waals surface area contributed by atoms with E-state index >= 15 is 0 Å². The van der Waals surface area contributed by atoms with Crippen molar-refractivity contribution >= 4 is 17.7 Å². The molecule has 8 nitrogen and oxygen atoms in total. The van der Waals surface area contributed by atoms with Gasteiger partial charge in [0.05, 0.1) is 24.4 Å². The fourth-order valence-electron chi connectivity index (χ4n) is 5.70. The first kappa shape index (κ1) is 32.5. The number of benzene rings is 4. The third-order valence-corrected chi connectivity index (χ3v) is 9.29. The highest BCUT2D eigenvalue weighted by Gasteiger charge is 2.33. The minimum Gasteiger partial charge on any atom is -0.431 e. The highest BCUT2D eigenvalue weighted by atomic mass is 32.2. The highest BCUT2D eigenvalue weighted by molar-refractivity contribution is 7.99. The van der Waals surface area contributed by atoms with Crippen LogP contribution in [-0.2, 0) is 22.6 Å². The van der Waals surface area contributed by atoms with E-state index in [2.05, 4.69) is 10.3 Å². The number of aromatic nitrogens is 2. The molecule has 0 spiro atoms. The summed E-state index contributed by atoms with van der Waals surface area (Å²) < 4.78 is 19.5. The predicted octanol–water partition coefficient (Wildman–Crippen LogP) is 8.16. The second-order valence-electron chi connectivity index (χ2n) is 11.7. The van der Waals surface area contributed by atoms with Crippen molar-refractivity contribution in [2.75, 3.05) is 5.75 Å². The van der Waals surface area contributed by atoms with E-state index in [1.165, 1.54) is 11.8 Å². The summed E-state index contributed by atoms with van der Waals surface area (Å²) in [6.45, 7) is 0.365. The van der Waals surface area contributed by atoms with Crippen LogP contribution in [0.15, 0.2) is 143 Å². The van der Waals surface area contributed by atoms with Gasteiger partial charge in [0.15, 0.2) is 12.1 Å². The Morgan fingerprint density at radius 1 is 0.796 bits per heavy atom. The van der Waals surface area contributed by atoms with E-state index in [9.17, 15) is 9.90 Å². The van der Waals surface area contributed by atoms with Gasteiger partial charge in [0.2, 0.25) is 0 Å². The second kappa shape index (κ2) is 15.4. The number of carbonyl (C=O) groups excluding carboxylic acids is 1. The Hall–Kier alpha value is -5.06. The van der Waals surface area contributed by atoms with Crippen LogP contribution in [0.1, 0.15) is 51.4 Å². The average Bonchev–Trinajstić information content (AvgIpc) is 3.62. The van der Waals surface area contributed by atoms with Crippen LogP contribution >= 0.6 is 11.8 Å². The van der Waals surface area contributed by atoms with Gasteiger partial charge in [-0.2, -0.15) is 0 Å². The maximum atomic E-state index is 12.5. The molecule has 1 amide bonds. The largest absolute Gasteiger partial charge is 0.431 e.